The van der Waals surface area contributed by atoms with E-state index < -0.39 is 0 Å². The molecule has 2 heteroatoms. The van der Waals surface area contributed by atoms with E-state index >= 15 is 0 Å². The van der Waals surface area contributed by atoms with Crippen molar-refractivity contribution < 1.29 is 0 Å². The second-order valence-corrected chi connectivity index (χ2v) is 8.66. The summed E-state index contributed by atoms with van der Waals surface area (Å²) in [5.74, 6) is 0. The fourth-order valence-corrected chi connectivity index (χ4v) is 4.40. The fourth-order valence-electron chi connectivity index (χ4n) is 4.40. The predicted octanol–water partition coefficient (Wildman–Crippen LogP) is 9.12. The molecule has 166 valence electrons. The second-order valence-electron chi connectivity index (χ2n) is 8.66. The maximum atomic E-state index is 3.67. The van der Waals surface area contributed by atoms with Gasteiger partial charge in [-0.1, -0.05) is 96.1 Å². The topological polar surface area (TPSA) is 24.1 Å². The first-order chi connectivity index (χ1) is 16.7. The first kappa shape index (κ1) is 21.5. The van der Waals surface area contributed by atoms with Crippen molar-refractivity contribution in [2.24, 2.45) is 0 Å². The highest BCUT2D eigenvalue weighted by Gasteiger charge is 2.13. The second kappa shape index (κ2) is 9.68. The van der Waals surface area contributed by atoms with Crippen molar-refractivity contribution in [2.75, 3.05) is 10.6 Å². The van der Waals surface area contributed by atoms with Crippen LogP contribution in [0.5, 0.6) is 0 Å². The molecule has 0 atom stereocenters. The van der Waals surface area contributed by atoms with Crippen LogP contribution in [-0.2, 0) is 0 Å². The lowest BCUT2D eigenvalue weighted by atomic mass is 9.97. The molecule has 0 aliphatic carbocycles. The number of hydrogen-bond acceptors (Lipinski definition) is 2. The third kappa shape index (κ3) is 4.87. The Balaban J connectivity index is 1.54. The number of benzene rings is 5. The molecule has 2 N–H and O–H groups in total. The van der Waals surface area contributed by atoms with E-state index in [1.807, 2.05) is 12.1 Å². The van der Waals surface area contributed by atoms with Crippen LogP contribution in [0.25, 0.3) is 22.3 Å². The van der Waals surface area contributed by atoms with Gasteiger partial charge in [0, 0.05) is 28.3 Å². The van der Waals surface area contributed by atoms with Gasteiger partial charge in [-0.25, -0.2) is 0 Å². The lowest BCUT2D eigenvalue weighted by Crippen LogP contribution is -1.99. The lowest BCUT2D eigenvalue weighted by Gasteiger charge is -2.19. The van der Waals surface area contributed by atoms with Crippen LogP contribution in [-0.4, -0.2) is 0 Å². The number of nitrogens with one attached hydrogen (secondary N) is 2. The molecule has 0 unspecified atom stereocenters. The Morgan fingerprint density at radius 3 is 1.50 bits per heavy atom. The Morgan fingerprint density at radius 1 is 0.412 bits per heavy atom. The molecule has 0 saturated carbocycles. The van der Waals surface area contributed by atoms with Crippen LogP contribution < -0.4 is 10.6 Å². The van der Waals surface area contributed by atoms with Crippen LogP contribution in [0.15, 0.2) is 121 Å². The van der Waals surface area contributed by atoms with Gasteiger partial charge in [-0.05, 0) is 66.9 Å². The third-order valence-electron chi connectivity index (χ3n) is 5.90. The Bertz CT molecular complexity index is 1370. The molecule has 0 bridgehead atoms. The molecule has 0 aliphatic rings. The molecule has 0 saturated heterocycles. The summed E-state index contributed by atoms with van der Waals surface area (Å²) in [5, 5.41) is 7.30. The number of anilines is 4. The summed E-state index contributed by atoms with van der Waals surface area (Å²) in [6, 6.07) is 42.5. The summed E-state index contributed by atoms with van der Waals surface area (Å²) < 4.78 is 0. The van der Waals surface area contributed by atoms with Crippen molar-refractivity contribution in [1.82, 2.24) is 0 Å². The quantitative estimate of drug-likeness (QED) is 0.275. The summed E-state index contributed by atoms with van der Waals surface area (Å²) in [5.41, 5.74) is 11.6. The average molecular weight is 441 g/mol. The minimum absolute atomic E-state index is 1.06. The van der Waals surface area contributed by atoms with Gasteiger partial charge in [-0.2, -0.15) is 0 Å². The van der Waals surface area contributed by atoms with E-state index in [1.54, 1.807) is 0 Å². The van der Waals surface area contributed by atoms with Crippen LogP contribution in [0, 0.1) is 13.8 Å². The minimum atomic E-state index is 1.06. The molecule has 2 nitrogen and oxygen atoms in total. The smallest absolute Gasteiger partial charge is 0.0485 e. The molecule has 5 aromatic rings. The molecule has 0 fully saturated rings. The van der Waals surface area contributed by atoms with Gasteiger partial charge in [-0.3, -0.25) is 0 Å². The maximum absolute atomic E-state index is 3.67. The number of hydrogen-bond donors (Lipinski definition) is 2. The van der Waals surface area contributed by atoms with E-state index in [-0.39, 0.29) is 0 Å². The van der Waals surface area contributed by atoms with E-state index in [9.17, 15) is 0 Å². The van der Waals surface area contributed by atoms with Gasteiger partial charge in [-0.15, -0.1) is 0 Å². The van der Waals surface area contributed by atoms with E-state index in [1.165, 1.54) is 27.8 Å². The predicted molar refractivity (Wildman–Crippen MR) is 146 cm³/mol. The molecule has 0 amide bonds. The van der Waals surface area contributed by atoms with Gasteiger partial charge >= 0.3 is 0 Å². The Labute approximate surface area is 201 Å². The van der Waals surface area contributed by atoms with E-state index in [0.29, 0.717) is 0 Å². The highest BCUT2D eigenvalue weighted by atomic mass is 14.9. The Kier molecular flexibility index (Phi) is 6.13. The SMILES string of the molecule is Cc1cc(C)cc(-c2c(Nc3ccccc3)cccc2Nc2ccc(-c3ccccc3)cc2)c1. The van der Waals surface area contributed by atoms with Crippen LogP contribution in [0.1, 0.15) is 11.1 Å². The molecule has 0 heterocycles. The monoisotopic (exact) mass is 440 g/mol. The number of rotatable bonds is 6. The first-order valence-corrected chi connectivity index (χ1v) is 11.6. The molecule has 0 radical (unpaired) electrons. The molecule has 34 heavy (non-hydrogen) atoms. The summed E-state index contributed by atoms with van der Waals surface area (Å²) in [4.78, 5) is 0. The Morgan fingerprint density at radius 2 is 0.912 bits per heavy atom. The zero-order valence-electron chi connectivity index (χ0n) is 19.5. The van der Waals surface area contributed by atoms with Gasteiger partial charge in [0.15, 0.2) is 0 Å². The highest BCUT2D eigenvalue weighted by molar-refractivity contribution is 5.92. The van der Waals surface area contributed by atoms with Crippen molar-refractivity contribution in [3.05, 3.63) is 132 Å². The van der Waals surface area contributed by atoms with Crippen LogP contribution in [0.2, 0.25) is 0 Å². The summed E-state index contributed by atoms with van der Waals surface area (Å²) in [6.45, 7) is 4.30. The lowest BCUT2D eigenvalue weighted by molar-refractivity contribution is 1.38. The summed E-state index contributed by atoms with van der Waals surface area (Å²) >= 11 is 0. The maximum Gasteiger partial charge on any atom is 0.0485 e. The molecule has 0 spiro atoms. The normalized spacial score (nSPS) is 10.6. The molecule has 5 rings (SSSR count). The van der Waals surface area contributed by atoms with Crippen molar-refractivity contribution in [3.63, 3.8) is 0 Å². The Hall–Kier alpha value is -4.30. The van der Waals surface area contributed by atoms with E-state index in [0.717, 1.165) is 28.3 Å². The molecule has 0 aliphatic heterocycles. The van der Waals surface area contributed by atoms with Crippen molar-refractivity contribution in [1.29, 1.82) is 0 Å². The summed E-state index contributed by atoms with van der Waals surface area (Å²) in [7, 11) is 0. The van der Waals surface area contributed by atoms with Gasteiger partial charge in [0.25, 0.3) is 0 Å². The van der Waals surface area contributed by atoms with Crippen LogP contribution in [0.4, 0.5) is 22.7 Å². The third-order valence-corrected chi connectivity index (χ3v) is 5.90. The van der Waals surface area contributed by atoms with Gasteiger partial charge in [0.2, 0.25) is 0 Å². The van der Waals surface area contributed by atoms with E-state index in [4.69, 9.17) is 0 Å². The van der Waals surface area contributed by atoms with Gasteiger partial charge < -0.3 is 10.6 Å². The average Bonchev–Trinajstić information content (AvgIpc) is 2.85. The van der Waals surface area contributed by atoms with Crippen LogP contribution >= 0.6 is 0 Å². The molecule has 0 aromatic heterocycles. The first-order valence-electron chi connectivity index (χ1n) is 11.6. The van der Waals surface area contributed by atoms with E-state index in [2.05, 4.69) is 134 Å². The standard InChI is InChI=1S/C32H28N2/c1-23-20-24(2)22-27(21-23)32-30(33-28-12-7-4-8-13-28)14-9-15-31(32)34-29-18-16-26(17-19-29)25-10-5-3-6-11-25/h3-22,33-34H,1-2H3. The van der Waals surface area contributed by atoms with Crippen molar-refractivity contribution in [2.45, 2.75) is 13.8 Å². The summed E-state index contributed by atoms with van der Waals surface area (Å²) in [6.07, 6.45) is 0. The highest BCUT2D eigenvalue weighted by Crippen LogP contribution is 2.39. The fraction of sp³-hybridized carbons (Fsp3) is 0.0625. The molecule has 5 aromatic carbocycles. The zero-order valence-corrected chi connectivity index (χ0v) is 19.5. The number of aryl methyl sites for hydroxylation is 2. The molecular weight excluding hydrogens is 412 g/mol. The van der Waals surface area contributed by atoms with Gasteiger partial charge in [0.1, 0.15) is 0 Å². The van der Waals surface area contributed by atoms with Crippen LogP contribution in [0.3, 0.4) is 0 Å². The largest absolute Gasteiger partial charge is 0.355 e. The van der Waals surface area contributed by atoms with Gasteiger partial charge in [0.05, 0.1) is 0 Å². The number of para-hydroxylation sites is 1. The molecular formula is C32H28N2. The minimum Gasteiger partial charge on any atom is -0.355 e. The zero-order chi connectivity index (χ0) is 23.3. The van der Waals surface area contributed by atoms with Crippen molar-refractivity contribution in [3.8, 4) is 22.3 Å². The van der Waals surface area contributed by atoms with Crippen molar-refractivity contribution >= 4 is 22.7 Å².